The molecule has 1 aliphatic heterocycles. The van der Waals surface area contributed by atoms with Crippen LogP contribution in [0, 0.1) is 11.6 Å². The van der Waals surface area contributed by atoms with Crippen LogP contribution in [0.2, 0.25) is 0 Å². The van der Waals surface area contributed by atoms with Crippen LogP contribution in [0.25, 0.3) is 0 Å². The van der Waals surface area contributed by atoms with Crippen LogP contribution in [0.15, 0.2) is 53.4 Å². The molecule has 0 aliphatic carbocycles. The molecule has 0 amide bonds. The molecule has 1 fully saturated rings. The highest BCUT2D eigenvalue weighted by molar-refractivity contribution is 7.89. The van der Waals surface area contributed by atoms with Gasteiger partial charge in [-0.3, -0.25) is 0 Å². The van der Waals surface area contributed by atoms with Gasteiger partial charge in [-0.1, -0.05) is 12.1 Å². The van der Waals surface area contributed by atoms with Gasteiger partial charge < -0.3 is 4.74 Å². The molecular formula is C18H19F2NO3S. The Balaban J connectivity index is 1.94. The van der Waals surface area contributed by atoms with Crippen molar-refractivity contribution >= 4 is 10.0 Å². The highest BCUT2D eigenvalue weighted by atomic mass is 32.2. The summed E-state index contributed by atoms with van der Waals surface area (Å²) in [5.74, 6) is -0.861. The highest BCUT2D eigenvalue weighted by Crippen LogP contribution is 2.34. The van der Waals surface area contributed by atoms with Crippen molar-refractivity contribution in [3.05, 3.63) is 65.7 Å². The van der Waals surface area contributed by atoms with Crippen molar-refractivity contribution in [1.29, 1.82) is 0 Å². The number of hydrogen-bond acceptors (Lipinski definition) is 3. The van der Waals surface area contributed by atoms with Gasteiger partial charge >= 0.3 is 0 Å². The first-order valence-corrected chi connectivity index (χ1v) is 9.30. The standard InChI is InChI=1S/C18H19F2NO3S/c1-18(2)12-24-17(13-3-5-14(19)6-4-13)11-21(18)25(22,23)16-9-7-15(20)8-10-16/h3-10,17H,11-12H2,1-2H3. The zero-order valence-electron chi connectivity index (χ0n) is 13.9. The number of sulfonamides is 1. The van der Waals surface area contributed by atoms with Crippen LogP contribution in [-0.2, 0) is 14.8 Å². The third-order valence-corrected chi connectivity index (χ3v) is 6.38. The summed E-state index contributed by atoms with van der Waals surface area (Å²) in [6.45, 7) is 3.83. The summed E-state index contributed by atoms with van der Waals surface area (Å²) in [5.41, 5.74) is -0.0553. The Morgan fingerprint density at radius 1 is 1.00 bits per heavy atom. The Bertz CT molecular complexity index is 849. The van der Waals surface area contributed by atoms with Crippen LogP contribution in [0.4, 0.5) is 8.78 Å². The zero-order chi connectivity index (χ0) is 18.2. The van der Waals surface area contributed by atoms with Gasteiger partial charge in [-0.05, 0) is 55.8 Å². The summed E-state index contributed by atoms with van der Waals surface area (Å²) in [6.07, 6.45) is -0.496. The lowest BCUT2D eigenvalue weighted by atomic mass is 10.0. The summed E-state index contributed by atoms with van der Waals surface area (Å²) in [5, 5.41) is 0. The van der Waals surface area contributed by atoms with Crippen molar-refractivity contribution in [2.45, 2.75) is 30.4 Å². The molecule has 2 aromatic carbocycles. The molecule has 0 aromatic heterocycles. The molecule has 1 unspecified atom stereocenters. The second-order valence-corrected chi connectivity index (χ2v) is 8.52. The van der Waals surface area contributed by atoms with Crippen LogP contribution in [-0.4, -0.2) is 31.4 Å². The van der Waals surface area contributed by atoms with Crippen LogP contribution in [0.3, 0.4) is 0 Å². The Hall–Kier alpha value is -1.83. The first-order valence-electron chi connectivity index (χ1n) is 7.86. The molecular weight excluding hydrogens is 348 g/mol. The molecule has 134 valence electrons. The first-order chi connectivity index (χ1) is 11.7. The van der Waals surface area contributed by atoms with Crippen molar-refractivity contribution in [2.75, 3.05) is 13.2 Å². The number of morpholine rings is 1. The van der Waals surface area contributed by atoms with Gasteiger partial charge in [-0.15, -0.1) is 0 Å². The van der Waals surface area contributed by atoms with E-state index in [9.17, 15) is 17.2 Å². The van der Waals surface area contributed by atoms with E-state index < -0.39 is 27.5 Å². The van der Waals surface area contributed by atoms with E-state index in [4.69, 9.17) is 4.74 Å². The largest absolute Gasteiger partial charge is 0.370 e. The minimum Gasteiger partial charge on any atom is -0.370 e. The normalized spacial score (nSPS) is 21.2. The highest BCUT2D eigenvalue weighted by Gasteiger charge is 2.43. The van der Waals surface area contributed by atoms with Gasteiger partial charge in [0.15, 0.2) is 0 Å². The molecule has 1 saturated heterocycles. The van der Waals surface area contributed by atoms with Crippen molar-refractivity contribution < 1.29 is 21.9 Å². The number of nitrogens with zero attached hydrogens (tertiary/aromatic N) is 1. The number of ether oxygens (including phenoxy) is 1. The van der Waals surface area contributed by atoms with E-state index in [0.717, 1.165) is 12.1 Å². The number of hydrogen-bond donors (Lipinski definition) is 0. The average Bonchev–Trinajstić information content (AvgIpc) is 2.56. The van der Waals surface area contributed by atoms with Gasteiger partial charge in [-0.25, -0.2) is 17.2 Å². The monoisotopic (exact) mass is 367 g/mol. The molecule has 0 saturated carbocycles. The molecule has 1 aliphatic rings. The van der Waals surface area contributed by atoms with Crippen molar-refractivity contribution in [3.8, 4) is 0 Å². The minimum absolute atomic E-state index is 0.0294. The van der Waals surface area contributed by atoms with Crippen molar-refractivity contribution in [1.82, 2.24) is 4.31 Å². The van der Waals surface area contributed by atoms with Gasteiger partial charge in [0.25, 0.3) is 0 Å². The molecule has 4 nitrogen and oxygen atoms in total. The molecule has 0 radical (unpaired) electrons. The summed E-state index contributed by atoms with van der Waals surface area (Å²) in [4.78, 5) is 0.0294. The fourth-order valence-electron chi connectivity index (χ4n) is 2.86. The Morgan fingerprint density at radius 2 is 1.52 bits per heavy atom. The predicted octanol–water partition coefficient (Wildman–Crippen LogP) is 3.51. The van der Waals surface area contributed by atoms with Crippen LogP contribution in [0.5, 0.6) is 0 Å². The van der Waals surface area contributed by atoms with E-state index >= 15 is 0 Å². The molecule has 1 heterocycles. The van der Waals surface area contributed by atoms with Crippen LogP contribution in [0.1, 0.15) is 25.5 Å². The SMILES string of the molecule is CC1(C)COC(c2ccc(F)cc2)CN1S(=O)(=O)c1ccc(F)cc1. The zero-order valence-corrected chi connectivity index (χ0v) is 14.8. The van der Waals surface area contributed by atoms with Gasteiger partial charge in [0.05, 0.1) is 23.1 Å². The Kier molecular flexibility index (Phi) is 4.66. The van der Waals surface area contributed by atoms with Crippen molar-refractivity contribution in [3.63, 3.8) is 0 Å². The van der Waals surface area contributed by atoms with Gasteiger partial charge in [0, 0.05) is 6.54 Å². The molecule has 1 atom stereocenters. The van der Waals surface area contributed by atoms with Crippen molar-refractivity contribution in [2.24, 2.45) is 0 Å². The molecule has 0 spiro atoms. The van der Waals surface area contributed by atoms with E-state index in [1.54, 1.807) is 26.0 Å². The smallest absolute Gasteiger partial charge is 0.243 e. The van der Waals surface area contributed by atoms with Gasteiger partial charge in [0.1, 0.15) is 11.6 Å². The summed E-state index contributed by atoms with van der Waals surface area (Å²) >= 11 is 0. The Morgan fingerprint density at radius 3 is 2.08 bits per heavy atom. The Labute approximate surface area is 146 Å². The maximum atomic E-state index is 13.1. The third-order valence-electron chi connectivity index (χ3n) is 4.29. The van der Waals surface area contributed by atoms with E-state index in [0.29, 0.717) is 5.56 Å². The predicted molar refractivity (Wildman–Crippen MR) is 89.5 cm³/mol. The summed E-state index contributed by atoms with van der Waals surface area (Å²) in [7, 11) is -3.82. The number of halogens is 2. The molecule has 0 bridgehead atoms. The lowest BCUT2D eigenvalue weighted by molar-refractivity contribution is -0.0655. The van der Waals surface area contributed by atoms with Crippen LogP contribution >= 0.6 is 0 Å². The van der Waals surface area contributed by atoms with Crippen LogP contribution < -0.4 is 0 Å². The topological polar surface area (TPSA) is 46.6 Å². The number of rotatable bonds is 3. The van der Waals surface area contributed by atoms with E-state index in [-0.39, 0.29) is 23.9 Å². The van der Waals surface area contributed by atoms with E-state index in [2.05, 4.69) is 0 Å². The average molecular weight is 367 g/mol. The second kappa shape index (κ2) is 6.48. The lowest BCUT2D eigenvalue weighted by Gasteiger charge is -2.44. The molecule has 7 heteroatoms. The van der Waals surface area contributed by atoms with Gasteiger partial charge in [-0.2, -0.15) is 4.31 Å². The van der Waals surface area contributed by atoms with E-state index in [1.165, 1.54) is 28.6 Å². The maximum absolute atomic E-state index is 13.1. The third kappa shape index (κ3) is 3.58. The fourth-order valence-corrected chi connectivity index (χ4v) is 4.63. The minimum atomic E-state index is -3.82. The second-order valence-electron chi connectivity index (χ2n) is 6.65. The summed E-state index contributed by atoms with van der Waals surface area (Å²) in [6, 6.07) is 10.6. The maximum Gasteiger partial charge on any atom is 0.243 e. The lowest BCUT2D eigenvalue weighted by Crippen LogP contribution is -2.56. The fraction of sp³-hybridized carbons (Fsp3) is 0.333. The molecule has 2 aromatic rings. The number of benzene rings is 2. The first kappa shape index (κ1) is 18.0. The quantitative estimate of drug-likeness (QED) is 0.834. The molecule has 25 heavy (non-hydrogen) atoms. The van der Waals surface area contributed by atoms with E-state index in [1.807, 2.05) is 0 Å². The molecule has 0 N–H and O–H groups in total. The molecule has 3 rings (SSSR count). The van der Waals surface area contributed by atoms with Gasteiger partial charge in [0.2, 0.25) is 10.0 Å². The summed E-state index contributed by atoms with van der Waals surface area (Å²) < 4.78 is 59.5.